The maximum absolute atomic E-state index is 10.4. The Labute approximate surface area is 227 Å². The molecule has 6 N–H and O–H groups in total. The highest BCUT2D eigenvalue weighted by atomic mass is 16.7. The minimum absolute atomic E-state index is 0.0799. The molecule has 0 radical (unpaired) electrons. The monoisotopic (exact) mass is 545 g/mol. The van der Waals surface area contributed by atoms with E-state index in [1.807, 2.05) is 44.2 Å². The number of furan rings is 1. The molecule has 2 aromatic carbocycles. The fourth-order valence-electron chi connectivity index (χ4n) is 4.47. The fraction of sp³-hybridized carbons (Fsp3) is 0.517. The van der Waals surface area contributed by atoms with Crippen LogP contribution < -0.4 is 14.8 Å². The lowest BCUT2D eigenvalue weighted by atomic mass is 9.99. The Morgan fingerprint density at radius 2 is 1.72 bits per heavy atom. The number of hydrogen-bond donors (Lipinski definition) is 6. The standard InChI is InChI=1S/C29H39NO9/c1-29(2,17-32)30-13-4-14-36-20-11-8-18(9-12-20)7-10-19-16-37-21-5-3-6-22(24(19)21)38-28-27(35)26(34)25(33)23(15-31)39-28/h3,5-6,8-9,11-12,16,23,25-28,30-35H,4,7,10,13-15,17H2,1-2H3/t23-,25-,26+,27-,28-/m1/s1. The van der Waals surface area contributed by atoms with E-state index in [1.54, 1.807) is 18.4 Å². The highest BCUT2D eigenvalue weighted by Crippen LogP contribution is 2.34. The highest BCUT2D eigenvalue weighted by molar-refractivity contribution is 5.87. The molecule has 39 heavy (non-hydrogen) atoms. The lowest BCUT2D eigenvalue weighted by Crippen LogP contribution is -2.60. The smallest absolute Gasteiger partial charge is 0.229 e. The Hall–Kier alpha value is -2.70. The van der Waals surface area contributed by atoms with Gasteiger partial charge in [0, 0.05) is 11.1 Å². The van der Waals surface area contributed by atoms with Crippen molar-refractivity contribution in [3.05, 3.63) is 59.9 Å². The van der Waals surface area contributed by atoms with E-state index in [4.69, 9.17) is 18.6 Å². The van der Waals surface area contributed by atoms with Gasteiger partial charge in [0.25, 0.3) is 0 Å². The van der Waals surface area contributed by atoms with Crippen molar-refractivity contribution in [3.8, 4) is 11.5 Å². The van der Waals surface area contributed by atoms with Gasteiger partial charge in [-0.2, -0.15) is 0 Å². The Morgan fingerprint density at radius 1 is 0.949 bits per heavy atom. The van der Waals surface area contributed by atoms with Gasteiger partial charge in [-0.15, -0.1) is 0 Å². The van der Waals surface area contributed by atoms with Crippen LogP contribution in [-0.4, -0.2) is 88.1 Å². The van der Waals surface area contributed by atoms with E-state index in [2.05, 4.69) is 5.32 Å². The highest BCUT2D eigenvalue weighted by Gasteiger charge is 2.44. The van der Waals surface area contributed by atoms with Crippen LogP contribution in [-0.2, 0) is 17.6 Å². The molecule has 0 spiro atoms. The number of aliphatic hydroxyl groups excluding tert-OH is 5. The lowest BCUT2D eigenvalue weighted by Gasteiger charge is -2.39. The first-order chi connectivity index (χ1) is 18.7. The summed E-state index contributed by atoms with van der Waals surface area (Å²) >= 11 is 0. The molecular formula is C29H39NO9. The van der Waals surface area contributed by atoms with Crippen LogP contribution in [0.3, 0.4) is 0 Å². The van der Waals surface area contributed by atoms with Crippen LogP contribution >= 0.6 is 0 Å². The molecule has 3 aromatic rings. The molecule has 1 aliphatic heterocycles. The normalized spacial score (nSPS) is 23.7. The Morgan fingerprint density at radius 3 is 2.44 bits per heavy atom. The number of ether oxygens (including phenoxy) is 3. The van der Waals surface area contributed by atoms with Crippen LogP contribution in [0, 0.1) is 0 Å². The quantitative estimate of drug-likeness (QED) is 0.174. The maximum Gasteiger partial charge on any atom is 0.229 e. The molecule has 1 aliphatic rings. The zero-order chi connectivity index (χ0) is 28.0. The molecule has 1 aromatic heterocycles. The van der Waals surface area contributed by atoms with Crippen molar-refractivity contribution >= 4 is 11.0 Å². The summed E-state index contributed by atoms with van der Waals surface area (Å²) in [6, 6.07) is 13.2. The molecule has 0 amide bonds. The summed E-state index contributed by atoms with van der Waals surface area (Å²) in [7, 11) is 0. The van der Waals surface area contributed by atoms with Gasteiger partial charge in [-0.05, 0) is 69.5 Å². The molecule has 0 saturated carbocycles. The molecular weight excluding hydrogens is 506 g/mol. The minimum Gasteiger partial charge on any atom is -0.494 e. The van der Waals surface area contributed by atoms with Gasteiger partial charge in [0.2, 0.25) is 6.29 Å². The number of fused-ring (bicyclic) bond motifs is 1. The van der Waals surface area contributed by atoms with Crippen LogP contribution in [0.2, 0.25) is 0 Å². The van der Waals surface area contributed by atoms with Gasteiger partial charge in [-0.3, -0.25) is 0 Å². The van der Waals surface area contributed by atoms with Crippen LogP contribution in [0.15, 0.2) is 53.1 Å². The van der Waals surface area contributed by atoms with Crippen LogP contribution in [0.5, 0.6) is 11.5 Å². The molecule has 214 valence electrons. The van der Waals surface area contributed by atoms with Crippen molar-refractivity contribution < 1.29 is 44.2 Å². The third-order valence-corrected chi connectivity index (χ3v) is 6.92. The number of nitrogens with one attached hydrogen (secondary N) is 1. The number of rotatable bonds is 13. The third-order valence-electron chi connectivity index (χ3n) is 6.92. The Kier molecular flexibility index (Phi) is 9.84. The van der Waals surface area contributed by atoms with E-state index in [0.29, 0.717) is 24.4 Å². The molecule has 2 heterocycles. The van der Waals surface area contributed by atoms with Crippen LogP contribution in [0.4, 0.5) is 0 Å². The molecule has 10 heteroatoms. The first-order valence-corrected chi connectivity index (χ1v) is 13.3. The molecule has 0 bridgehead atoms. The minimum atomic E-state index is -1.52. The fourth-order valence-corrected chi connectivity index (χ4v) is 4.47. The lowest BCUT2D eigenvalue weighted by molar-refractivity contribution is -0.277. The predicted octanol–water partition coefficient (Wildman–Crippen LogP) is 1.53. The van der Waals surface area contributed by atoms with E-state index in [-0.39, 0.29) is 12.1 Å². The topological polar surface area (TPSA) is 154 Å². The molecule has 1 fully saturated rings. The third kappa shape index (κ3) is 7.29. The molecule has 5 atom stereocenters. The van der Waals surface area contributed by atoms with Crippen LogP contribution in [0.25, 0.3) is 11.0 Å². The number of benzene rings is 2. The van der Waals surface area contributed by atoms with Gasteiger partial charge in [0.05, 0.1) is 31.5 Å². The van der Waals surface area contributed by atoms with Gasteiger partial charge in [-0.1, -0.05) is 18.2 Å². The van der Waals surface area contributed by atoms with Crippen LogP contribution in [0.1, 0.15) is 31.4 Å². The molecule has 4 rings (SSSR count). The molecule has 0 unspecified atom stereocenters. The van der Waals surface area contributed by atoms with Crippen molar-refractivity contribution in [2.75, 3.05) is 26.4 Å². The molecule has 10 nitrogen and oxygen atoms in total. The zero-order valence-electron chi connectivity index (χ0n) is 22.3. The Bertz CT molecular complexity index is 1180. The van der Waals surface area contributed by atoms with Gasteiger partial charge < -0.3 is 49.5 Å². The first-order valence-electron chi connectivity index (χ1n) is 13.3. The largest absolute Gasteiger partial charge is 0.494 e. The van der Waals surface area contributed by atoms with Gasteiger partial charge >= 0.3 is 0 Å². The van der Waals surface area contributed by atoms with Crippen molar-refractivity contribution in [1.82, 2.24) is 5.32 Å². The second-order valence-electron chi connectivity index (χ2n) is 10.5. The summed E-state index contributed by atoms with van der Waals surface area (Å²) in [5.74, 6) is 1.20. The van der Waals surface area contributed by atoms with E-state index in [1.165, 1.54) is 0 Å². The van der Waals surface area contributed by atoms with Crippen molar-refractivity contribution in [2.24, 2.45) is 0 Å². The zero-order valence-corrected chi connectivity index (χ0v) is 22.3. The first kappa shape index (κ1) is 29.3. The number of aliphatic hydroxyl groups is 5. The van der Waals surface area contributed by atoms with E-state index < -0.39 is 37.3 Å². The van der Waals surface area contributed by atoms with E-state index in [0.717, 1.165) is 41.6 Å². The summed E-state index contributed by atoms with van der Waals surface area (Å²) in [5.41, 5.74) is 2.33. The average Bonchev–Trinajstić information content (AvgIpc) is 3.36. The van der Waals surface area contributed by atoms with Crippen molar-refractivity contribution in [3.63, 3.8) is 0 Å². The van der Waals surface area contributed by atoms with E-state index in [9.17, 15) is 25.5 Å². The molecule has 0 aliphatic carbocycles. The predicted molar refractivity (Wildman–Crippen MR) is 144 cm³/mol. The number of hydrogen-bond acceptors (Lipinski definition) is 10. The molecule has 1 saturated heterocycles. The second kappa shape index (κ2) is 13.1. The Balaban J connectivity index is 1.35. The second-order valence-corrected chi connectivity index (χ2v) is 10.5. The van der Waals surface area contributed by atoms with E-state index >= 15 is 0 Å². The van der Waals surface area contributed by atoms with Gasteiger partial charge in [-0.25, -0.2) is 0 Å². The average molecular weight is 546 g/mol. The summed E-state index contributed by atoms with van der Waals surface area (Å²) in [5, 5.41) is 53.3. The van der Waals surface area contributed by atoms with Gasteiger partial charge in [0.15, 0.2) is 0 Å². The van der Waals surface area contributed by atoms with Gasteiger partial charge in [0.1, 0.15) is 41.5 Å². The number of aryl methyl sites for hydroxylation is 2. The maximum atomic E-state index is 10.4. The SMILES string of the molecule is CC(C)(CO)NCCCOc1ccc(CCc2coc3cccc(O[C@@H]4O[C@H](CO)[C@@H](O)[C@H](O)[C@H]4O)c23)cc1. The van der Waals surface area contributed by atoms with Crippen molar-refractivity contribution in [2.45, 2.75) is 69.4 Å². The summed E-state index contributed by atoms with van der Waals surface area (Å²) in [4.78, 5) is 0. The summed E-state index contributed by atoms with van der Waals surface area (Å²) < 4.78 is 23.0. The summed E-state index contributed by atoms with van der Waals surface area (Å²) in [6.07, 6.45) is -2.91. The van der Waals surface area contributed by atoms with Crippen molar-refractivity contribution in [1.29, 1.82) is 0 Å². The summed E-state index contributed by atoms with van der Waals surface area (Å²) in [6.45, 7) is 4.78.